The van der Waals surface area contributed by atoms with Crippen LogP contribution in [0.15, 0.2) is 0 Å². The van der Waals surface area contributed by atoms with Crippen molar-refractivity contribution in [2.24, 2.45) is 17.3 Å². The highest BCUT2D eigenvalue weighted by atomic mass is 16.5. The van der Waals surface area contributed by atoms with Gasteiger partial charge in [-0.2, -0.15) is 0 Å². The van der Waals surface area contributed by atoms with Gasteiger partial charge in [-0.25, -0.2) is 0 Å². The van der Waals surface area contributed by atoms with Crippen molar-refractivity contribution in [1.82, 2.24) is 0 Å². The van der Waals surface area contributed by atoms with Crippen molar-refractivity contribution < 1.29 is 4.74 Å². The van der Waals surface area contributed by atoms with E-state index < -0.39 is 0 Å². The molecule has 1 aliphatic heterocycles. The van der Waals surface area contributed by atoms with Crippen LogP contribution in [0, 0.1) is 17.3 Å². The Bertz CT molecular complexity index is 248. The number of hydrogen-bond donors (Lipinski definition) is 0. The van der Waals surface area contributed by atoms with E-state index in [0.29, 0.717) is 12.2 Å². The third-order valence-electron chi connectivity index (χ3n) is 5.28. The predicted molar refractivity (Wildman–Crippen MR) is 66.4 cm³/mol. The summed E-state index contributed by atoms with van der Waals surface area (Å²) in [6, 6.07) is 0. The SMILES string of the molecule is CCCC1CCC(C)C(C2CC3(CC3)C2)O1. The van der Waals surface area contributed by atoms with Crippen molar-refractivity contribution in [2.75, 3.05) is 0 Å². The van der Waals surface area contributed by atoms with E-state index in [1.54, 1.807) is 0 Å². The van der Waals surface area contributed by atoms with Crippen molar-refractivity contribution in [3.8, 4) is 0 Å². The summed E-state index contributed by atoms with van der Waals surface area (Å²) in [6.07, 6.45) is 12.5. The van der Waals surface area contributed by atoms with E-state index in [4.69, 9.17) is 4.74 Å². The lowest BCUT2D eigenvalue weighted by molar-refractivity contribution is -0.135. The Hall–Kier alpha value is -0.0400. The average molecular weight is 222 g/mol. The van der Waals surface area contributed by atoms with Gasteiger partial charge in [0.1, 0.15) is 0 Å². The first-order valence-electron chi connectivity index (χ1n) is 7.38. The minimum atomic E-state index is 0.585. The maximum Gasteiger partial charge on any atom is 0.0632 e. The molecule has 0 aromatic heterocycles. The first kappa shape index (κ1) is 11.1. The van der Waals surface area contributed by atoms with Crippen LogP contribution in [0.2, 0.25) is 0 Å². The maximum absolute atomic E-state index is 6.36. The van der Waals surface area contributed by atoms with Crippen molar-refractivity contribution in [2.45, 2.75) is 77.4 Å². The van der Waals surface area contributed by atoms with Gasteiger partial charge in [-0.15, -0.1) is 0 Å². The van der Waals surface area contributed by atoms with Gasteiger partial charge in [0.15, 0.2) is 0 Å². The second-order valence-corrected chi connectivity index (χ2v) is 6.73. The van der Waals surface area contributed by atoms with Crippen LogP contribution < -0.4 is 0 Å². The minimum absolute atomic E-state index is 0.585. The lowest BCUT2D eigenvalue weighted by Gasteiger charge is -2.47. The Morgan fingerprint density at radius 2 is 1.94 bits per heavy atom. The molecule has 0 bridgehead atoms. The molecule has 0 radical (unpaired) electrons. The minimum Gasteiger partial charge on any atom is -0.374 e. The fourth-order valence-electron chi connectivity index (χ4n) is 4.02. The quantitative estimate of drug-likeness (QED) is 0.696. The van der Waals surface area contributed by atoms with E-state index in [9.17, 15) is 0 Å². The van der Waals surface area contributed by atoms with Crippen molar-refractivity contribution >= 4 is 0 Å². The molecule has 3 aliphatic rings. The van der Waals surface area contributed by atoms with Gasteiger partial charge in [0.2, 0.25) is 0 Å². The molecule has 3 atom stereocenters. The van der Waals surface area contributed by atoms with Crippen LogP contribution in [-0.4, -0.2) is 12.2 Å². The number of ether oxygens (including phenoxy) is 1. The first-order chi connectivity index (χ1) is 7.72. The molecule has 1 spiro atoms. The van der Waals surface area contributed by atoms with Crippen molar-refractivity contribution in [1.29, 1.82) is 0 Å². The van der Waals surface area contributed by atoms with Crippen LogP contribution in [0.25, 0.3) is 0 Å². The monoisotopic (exact) mass is 222 g/mol. The van der Waals surface area contributed by atoms with Crippen molar-refractivity contribution in [3.63, 3.8) is 0 Å². The molecule has 0 aromatic rings. The lowest BCUT2D eigenvalue weighted by Crippen LogP contribution is -2.44. The number of rotatable bonds is 3. The summed E-state index contributed by atoms with van der Waals surface area (Å²) in [5.41, 5.74) is 0.839. The highest BCUT2D eigenvalue weighted by molar-refractivity contribution is 5.06. The summed E-state index contributed by atoms with van der Waals surface area (Å²) < 4.78 is 6.36. The van der Waals surface area contributed by atoms with Crippen LogP contribution in [0.3, 0.4) is 0 Å². The standard InChI is InChI=1S/C15H26O/c1-3-4-13-6-5-11(2)14(16-13)12-9-15(10-12)7-8-15/h11-14H,3-10H2,1-2H3. The second-order valence-electron chi connectivity index (χ2n) is 6.73. The topological polar surface area (TPSA) is 9.23 Å². The molecule has 1 nitrogen and oxygen atoms in total. The van der Waals surface area contributed by atoms with E-state index >= 15 is 0 Å². The molecular formula is C15H26O. The van der Waals surface area contributed by atoms with Gasteiger partial charge in [-0.3, -0.25) is 0 Å². The summed E-state index contributed by atoms with van der Waals surface area (Å²) in [7, 11) is 0. The normalized spacial score (nSPS) is 42.0. The molecule has 92 valence electrons. The summed E-state index contributed by atoms with van der Waals surface area (Å²) in [5.74, 6) is 1.73. The van der Waals surface area contributed by atoms with E-state index in [0.717, 1.165) is 17.3 Å². The zero-order valence-corrected chi connectivity index (χ0v) is 10.9. The fourth-order valence-corrected chi connectivity index (χ4v) is 4.02. The third-order valence-corrected chi connectivity index (χ3v) is 5.28. The summed E-state index contributed by atoms with van der Waals surface area (Å²) in [5, 5.41) is 0. The average Bonchev–Trinajstić information content (AvgIpc) is 2.99. The van der Waals surface area contributed by atoms with Gasteiger partial charge >= 0.3 is 0 Å². The molecule has 1 heteroatoms. The molecule has 3 rings (SSSR count). The Morgan fingerprint density at radius 3 is 2.56 bits per heavy atom. The van der Waals surface area contributed by atoms with Gasteiger partial charge in [-0.1, -0.05) is 20.3 Å². The fraction of sp³-hybridized carbons (Fsp3) is 1.00. The third kappa shape index (κ3) is 1.92. The van der Waals surface area contributed by atoms with E-state index in [2.05, 4.69) is 13.8 Å². The highest BCUT2D eigenvalue weighted by Crippen LogP contribution is 2.65. The van der Waals surface area contributed by atoms with E-state index in [1.165, 1.54) is 51.4 Å². The van der Waals surface area contributed by atoms with Crippen molar-refractivity contribution in [3.05, 3.63) is 0 Å². The second kappa shape index (κ2) is 4.01. The van der Waals surface area contributed by atoms with Gasteiger partial charge in [0.25, 0.3) is 0 Å². The Balaban J connectivity index is 1.55. The smallest absolute Gasteiger partial charge is 0.0632 e. The molecule has 1 saturated heterocycles. The molecule has 0 N–H and O–H groups in total. The van der Waals surface area contributed by atoms with E-state index in [1.807, 2.05) is 0 Å². The Morgan fingerprint density at radius 1 is 1.19 bits per heavy atom. The molecular weight excluding hydrogens is 196 g/mol. The molecule has 3 unspecified atom stereocenters. The molecule has 0 amide bonds. The van der Waals surface area contributed by atoms with Crippen LogP contribution >= 0.6 is 0 Å². The number of hydrogen-bond acceptors (Lipinski definition) is 1. The largest absolute Gasteiger partial charge is 0.374 e. The molecule has 2 saturated carbocycles. The summed E-state index contributed by atoms with van der Waals surface area (Å²) >= 11 is 0. The van der Waals surface area contributed by atoms with Crippen LogP contribution in [-0.2, 0) is 4.74 Å². The zero-order chi connectivity index (χ0) is 11.2. The first-order valence-corrected chi connectivity index (χ1v) is 7.38. The molecule has 3 fully saturated rings. The Kier molecular flexibility index (Phi) is 2.78. The molecule has 16 heavy (non-hydrogen) atoms. The van der Waals surface area contributed by atoms with Crippen LogP contribution in [0.1, 0.15) is 65.2 Å². The maximum atomic E-state index is 6.36. The molecule has 1 heterocycles. The van der Waals surface area contributed by atoms with Crippen LogP contribution in [0.5, 0.6) is 0 Å². The zero-order valence-electron chi connectivity index (χ0n) is 10.9. The summed E-state index contributed by atoms with van der Waals surface area (Å²) in [6.45, 7) is 4.68. The van der Waals surface area contributed by atoms with Crippen LogP contribution in [0.4, 0.5) is 0 Å². The van der Waals surface area contributed by atoms with Gasteiger partial charge in [0.05, 0.1) is 12.2 Å². The summed E-state index contributed by atoms with van der Waals surface area (Å²) in [4.78, 5) is 0. The molecule has 2 aliphatic carbocycles. The van der Waals surface area contributed by atoms with E-state index in [-0.39, 0.29) is 0 Å². The lowest BCUT2D eigenvalue weighted by atomic mass is 9.66. The highest BCUT2D eigenvalue weighted by Gasteiger charge is 2.56. The molecule has 0 aromatic carbocycles. The Labute approximate surface area is 99.9 Å². The van der Waals surface area contributed by atoms with Gasteiger partial charge < -0.3 is 4.74 Å². The predicted octanol–water partition coefficient (Wildman–Crippen LogP) is 4.16. The van der Waals surface area contributed by atoms with Gasteiger partial charge in [0, 0.05) is 0 Å². The van der Waals surface area contributed by atoms with Gasteiger partial charge in [-0.05, 0) is 62.2 Å².